The Kier molecular flexibility index (Phi) is 5.18. The molecule has 1 N–H and O–H groups in total. The van der Waals surface area contributed by atoms with E-state index in [1.54, 1.807) is 17.0 Å². The van der Waals surface area contributed by atoms with Crippen molar-refractivity contribution in [2.75, 3.05) is 19.3 Å². The molecule has 0 bridgehead atoms. The predicted octanol–water partition coefficient (Wildman–Crippen LogP) is 1.28. The summed E-state index contributed by atoms with van der Waals surface area (Å²) in [7, 11) is -3.28. The Hall–Kier alpha value is -1.18. The lowest BCUT2D eigenvalue weighted by molar-refractivity contribution is 0.0613. The predicted molar refractivity (Wildman–Crippen MR) is 80.8 cm³/mol. The van der Waals surface area contributed by atoms with E-state index in [2.05, 4.69) is 9.71 Å². The van der Waals surface area contributed by atoms with Crippen molar-refractivity contribution in [2.45, 2.75) is 25.3 Å². The fraction of sp³-hybridized carbons (Fsp3) is 0.538. The Morgan fingerprint density at radius 2 is 2.29 bits per heavy atom. The second-order valence-corrected chi connectivity index (χ2v) is 7.34. The highest BCUT2D eigenvalue weighted by Gasteiger charge is 2.29. The minimum absolute atomic E-state index is 0.168. The minimum atomic E-state index is -3.28. The van der Waals surface area contributed by atoms with E-state index in [-0.39, 0.29) is 24.2 Å². The molecule has 1 aliphatic rings. The number of amides is 1. The SMILES string of the molecule is CS(=O)(=O)NCC1CCCCN1C(=O)c1ncccc1Cl. The fourth-order valence-corrected chi connectivity index (χ4v) is 3.10. The summed E-state index contributed by atoms with van der Waals surface area (Å²) in [5.41, 5.74) is 0.213. The fourth-order valence-electron chi connectivity index (χ4n) is 2.41. The Morgan fingerprint density at radius 3 is 2.95 bits per heavy atom. The summed E-state index contributed by atoms with van der Waals surface area (Å²) < 4.78 is 24.9. The van der Waals surface area contributed by atoms with E-state index in [4.69, 9.17) is 11.6 Å². The maximum atomic E-state index is 12.6. The highest BCUT2D eigenvalue weighted by molar-refractivity contribution is 7.88. The minimum Gasteiger partial charge on any atom is -0.333 e. The monoisotopic (exact) mass is 331 g/mol. The largest absolute Gasteiger partial charge is 0.333 e. The van der Waals surface area contributed by atoms with Gasteiger partial charge < -0.3 is 4.90 Å². The molecule has 1 unspecified atom stereocenters. The van der Waals surface area contributed by atoms with Gasteiger partial charge in [-0.25, -0.2) is 18.1 Å². The maximum absolute atomic E-state index is 12.6. The van der Waals surface area contributed by atoms with Crippen LogP contribution in [0.2, 0.25) is 5.02 Å². The molecule has 0 radical (unpaired) electrons. The number of rotatable bonds is 4. The quantitative estimate of drug-likeness (QED) is 0.901. The molecule has 2 heterocycles. The van der Waals surface area contributed by atoms with Crippen molar-refractivity contribution in [1.29, 1.82) is 0 Å². The van der Waals surface area contributed by atoms with Crippen molar-refractivity contribution in [2.24, 2.45) is 0 Å². The second kappa shape index (κ2) is 6.72. The number of piperidine rings is 1. The molecule has 1 aromatic heterocycles. The summed E-state index contributed by atoms with van der Waals surface area (Å²) in [5, 5.41) is 0.308. The summed E-state index contributed by atoms with van der Waals surface area (Å²) in [5.74, 6) is -0.249. The number of nitrogens with zero attached hydrogens (tertiary/aromatic N) is 2. The van der Waals surface area contributed by atoms with Crippen LogP contribution in [0, 0.1) is 0 Å². The van der Waals surface area contributed by atoms with Crippen LogP contribution in [-0.4, -0.2) is 49.6 Å². The average molecular weight is 332 g/mol. The van der Waals surface area contributed by atoms with Gasteiger partial charge in [0.2, 0.25) is 10.0 Å². The number of hydrogen-bond acceptors (Lipinski definition) is 4. The summed E-state index contributed by atoms with van der Waals surface area (Å²) in [6.45, 7) is 0.802. The van der Waals surface area contributed by atoms with E-state index >= 15 is 0 Å². The first-order valence-electron chi connectivity index (χ1n) is 6.74. The number of carbonyl (C=O) groups excluding carboxylic acids is 1. The van der Waals surface area contributed by atoms with E-state index in [9.17, 15) is 13.2 Å². The van der Waals surface area contributed by atoms with Crippen LogP contribution in [-0.2, 0) is 10.0 Å². The van der Waals surface area contributed by atoms with Crippen LogP contribution >= 0.6 is 11.6 Å². The maximum Gasteiger partial charge on any atom is 0.274 e. The van der Waals surface area contributed by atoms with Crippen LogP contribution in [0.3, 0.4) is 0 Å². The Bertz CT molecular complexity index is 621. The van der Waals surface area contributed by atoms with Crippen LogP contribution in [0.25, 0.3) is 0 Å². The topological polar surface area (TPSA) is 79.4 Å². The lowest BCUT2D eigenvalue weighted by atomic mass is 10.0. The molecule has 21 heavy (non-hydrogen) atoms. The van der Waals surface area contributed by atoms with Crippen LogP contribution in [0.15, 0.2) is 18.3 Å². The van der Waals surface area contributed by atoms with Gasteiger partial charge in [-0.3, -0.25) is 4.79 Å². The van der Waals surface area contributed by atoms with Crippen molar-refractivity contribution >= 4 is 27.5 Å². The Balaban J connectivity index is 2.15. The summed E-state index contributed by atoms with van der Waals surface area (Å²) in [6, 6.07) is 3.12. The van der Waals surface area contributed by atoms with Gasteiger partial charge in [0.25, 0.3) is 5.91 Å². The van der Waals surface area contributed by atoms with Crippen LogP contribution in [0.5, 0.6) is 0 Å². The molecule has 0 aliphatic carbocycles. The number of pyridine rings is 1. The molecule has 1 amide bonds. The number of likely N-dealkylation sites (tertiary alicyclic amines) is 1. The van der Waals surface area contributed by atoms with Gasteiger partial charge >= 0.3 is 0 Å². The third kappa shape index (κ3) is 4.39. The number of aromatic nitrogens is 1. The molecule has 0 aromatic carbocycles. The molecule has 2 rings (SSSR count). The van der Waals surface area contributed by atoms with E-state index in [0.29, 0.717) is 11.6 Å². The molecule has 1 saturated heterocycles. The van der Waals surface area contributed by atoms with Gasteiger partial charge in [-0.2, -0.15) is 0 Å². The third-order valence-corrected chi connectivity index (χ3v) is 4.43. The van der Waals surface area contributed by atoms with Gasteiger partial charge in [0.05, 0.1) is 11.3 Å². The lowest BCUT2D eigenvalue weighted by Gasteiger charge is -2.35. The van der Waals surface area contributed by atoms with Crippen molar-refractivity contribution in [3.05, 3.63) is 29.0 Å². The molecule has 0 saturated carbocycles. The lowest BCUT2D eigenvalue weighted by Crippen LogP contribution is -2.49. The van der Waals surface area contributed by atoms with Gasteiger partial charge in [0.1, 0.15) is 5.69 Å². The summed E-state index contributed by atoms with van der Waals surface area (Å²) in [4.78, 5) is 18.3. The number of sulfonamides is 1. The van der Waals surface area contributed by atoms with Crippen molar-refractivity contribution in [3.63, 3.8) is 0 Å². The van der Waals surface area contributed by atoms with Crippen LogP contribution in [0.4, 0.5) is 0 Å². The molecule has 1 aromatic rings. The van der Waals surface area contributed by atoms with Gasteiger partial charge in [-0.1, -0.05) is 11.6 Å². The highest BCUT2D eigenvalue weighted by atomic mass is 35.5. The molecule has 116 valence electrons. The van der Waals surface area contributed by atoms with E-state index in [1.165, 1.54) is 6.20 Å². The zero-order chi connectivity index (χ0) is 15.5. The highest BCUT2D eigenvalue weighted by Crippen LogP contribution is 2.21. The first-order valence-corrected chi connectivity index (χ1v) is 9.01. The van der Waals surface area contributed by atoms with E-state index in [1.807, 2.05) is 0 Å². The number of carbonyl (C=O) groups is 1. The molecule has 6 nitrogen and oxygen atoms in total. The number of hydrogen-bond donors (Lipinski definition) is 1. The molecular formula is C13H18ClN3O3S. The van der Waals surface area contributed by atoms with E-state index < -0.39 is 10.0 Å². The van der Waals surface area contributed by atoms with E-state index in [0.717, 1.165) is 25.5 Å². The molecular weight excluding hydrogens is 314 g/mol. The van der Waals surface area contributed by atoms with Gasteiger partial charge in [0.15, 0.2) is 0 Å². The second-order valence-electron chi connectivity index (χ2n) is 5.10. The smallest absolute Gasteiger partial charge is 0.274 e. The molecule has 1 atom stereocenters. The van der Waals surface area contributed by atoms with Crippen molar-refractivity contribution < 1.29 is 13.2 Å². The normalized spacial score (nSPS) is 19.5. The van der Waals surface area contributed by atoms with Crippen LogP contribution < -0.4 is 4.72 Å². The van der Waals surface area contributed by atoms with Crippen molar-refractivity contribution in [1.82, 2.24) is 14.6 Å². The first kappa shape index (κ1) is 16.2. The number of halogens is 1. The Labute approximate surface area is 129 Å². The molecule has 8 heteroatoms. The van der Waals surface area contributed by atoms with Crippen molar-refractivity contribution in [3.8, 4) is 0 Å². The summed E-state index contributed by atoms with van der Waals surface area (Å²) in [6.07, 6.45) is 5.25. The average Bonchev–Trinajstić information content (AvgIpc) is 2.44. The standard InChI is InChI=1S/C13H18ClN3O3S/c1-21(19,20)16-9-10-5-2-3-8-17(10)13(18)12-11(14)6-4-7-15-12/h4,6-7,10,16H,2-3,5,8-9H2,1H3. The Morgan fingerprint density at radius 1 is 1.52 bits per heavy atom. The van der Waals surface area contributed by atoms with Crippen LogP contribution in [0.1, 0.15) is 29.8 Å². The van der Waals surface area contributed by atoms with Gasteiger partial charge in [-0.15, -0.1) is 0 Å². The first-order chi connectivity index (χ1) is 9.88. The summed E-state index contributed by atoms with van der Waals surface area (Å²) >= 11 is 6.01. The molecule has 1 fully saturated rings. The van der Waals surface area contributed by atoms with Gasteiger partial charge in [-0.05, 0) is 31.4 Å². The number of nitrogens with one attached hydrogen (secondary N) is 1. The van der Waals surface area contributed by atoms with Gasteiger partial charge in [0, 0.05) is 25.3 Å². The zero-order valence-corrected chi connectivity index (χ0v) is 13.3. The molecule has 0 spiro atoms. The zero-order valence-electron chi connectivity index (χ0n) is 11.8. The third-order valence-electron chi connectivity index (χ3n) is 3.43. The molecule has 1 aliphatic heterocycles.